The van der Waals surface area contributed by atoms with E-state index < -0.39 is 0 Å². The van der Waals surface area contributed by atoms with Crippen LogP contribution in [0.15, 0.2) is 57.3 Å². The van der Waals surface area contributed by atoms with Crippen molar-refractivity contribution in [1.82, 2.24) is 15.3 Å². The lowest BCUT2D eigenvalue weighted by molar-refractivity contribution is -0.125. The quantitative estimate of drug-likeness (QED) is 0.480. The van der Waals surface area contributed by atoms with Crippen molar-refractivity contribution in [2.75, 3.05) is 18.0 Å². The number of nitrogens with zero attached hydrogens (tertiary/aromatic N) is 2. The lowest BCUT2D eigenvalue weighted by Crippen LogP contribution is -2.43. The third-order valence-corrected chi connectivity index (χ3v) is 6.85. The number of nitrogens with one attached hydrogen (secondary N) is 2. The van der Waals surface area contributed by atoms with Gasteiger partial charge in [0.15, 0.2) is 0 Å². The summed E-state index contributed by atoms with van der Waals surface area (Å²) in [5.74, 6) is 1.07. The molecule has 0 unspecified atom stereocenters. The van der Waals surface area contributed by atoms with E-state index >= 15 is 0 Å². The minimum absolute atomic E-state index is 0.00889. The Balaban J connectivity index is 1.38. The molecule has 1 aliphatic rings. The third-order valence-electron chi connectivity index (χ3n) is 5.89. The van der Waals surface area contributed by atoms with Crippen molar-refractivity contribution >= 4 is 33.4 Å². The van der Waals surface area contributed by atoms with E-state index in [1.165, 1.54) is 16.9 Å². The third kappa shape index (κ3) is 4.05. The maximum atomic E-state index is 12.8. The van der Waals surface area contributed by atoms with E-state index in [1.54, 1.807) is 12.3 Å². The lowest BCUT2D eigenvalue weighted by Gasteiger charge is -2.32. The number of anilines is 1. The lowest BCUT2D eigenvalue weighted by atomic mass is 9.97. The fourth-order valence-electron chi connectivity index (χ4n) is 4.12. The van der Waals surface area contributed by atoms with Gasteiger partial charge in [0.2, 0.25) is 11.9 Å². The standard InChI is InChI=1S/C24H24N4O3S/c1-15-6-8-16(9-7-15)19-14-32-21-20(19)26-24(27-23(21)30)28-10-2-4-17(13-28)22(29)25-12-18-5-3-11-31-18/h3,5-9,11,14,17H,2,4,10,12-13H2,1H3,(H,25,29)(H,26,27,30)/t17-/m0/s1. The largest absolute Gasteiger partial charge is 0.467 e. The zero-order chi connectivity index (χ0) is 22.1. The molecule has 1 aliphatic heterocycles. The van der Waals surface area contributed by atoms with E-state index in [0.717, 1.165) is 36.3 Å². The summed E-state index contributed by atoms with van der Waals surface area (Å²) in [6.07, 6.45) is 3.26. The molecule has 5 rings (SSSR count). The van der Waals surface area contributed by atoms with E-state index in [4.69, 9.17) is 9.40 Å². The predicted octanol–water partition coefficient (Wildman–Crippen LogP) is 4.09. The first-order valence-electron chi connectivity index (χ1n) is 10.7. The SMILES string of the molecule is Cc1ccc(-c2csc3c(=O)[nH]c(N4CCC[C@H](C(=O)NCc5ccco5)C4)nc23)cc1. The van der Waals surface area contributed by atoms with Crippen LogP contribution in [0.4, 0.5) is 5.95 Å². The van der Waals surface area contributed by atoms with Crippen LogP contribution in [0.2, 0.25) is 0 Å². The minimum Gasteiger partial charge on any atom is -0.467 e. The molecule has 32 heavy (non-hydrogen) atoms. The van der Waals surface area contributed by atoms with Crippen molar-refractivity contribution in [1.29, 1.82) is 0 Å². The number of carbonyl (C=O) groups excluding carboxylic acids is 1. The topological polar surface area (TPSA) is 91.2 Å². The maximum Gasteiger partial charge on any atom is 0.270 e. The number of benzene rings is 1. The highest BCUT2D eigenvalue weighted by Gasteiger charge is 2.27. The average Bonchev–Trinajstić information content (AvgIpc) is 3.48. The van der Waals surface area contributed by atoms with Gasteiger partial charge in [-0.05, 0) is 37.5 Å². The Kier molecular flexibility index (Phi) is 5.53. The van der Waals surface area contributed by atoms with Gasteiger partial charge in [0.25, 0.3) is 5.56 Å². The fourth-order valence-corrected chi connectivity index (χ4v) is 5.03. The van der Waals surface area contributed by atoms with E-state index in [0.29, 0.717) is 29.3 Å². The molecule has 1 aromatic carbocycles. The molecular formula is C24H24N4O3S. The van der Waals surface area contributed by atoms with Gasteiger partial charge in [-0.3, -0.25) is 14.6 Å². The molecular weight excluding hydrogens is 424 g/mol. The Bertz CT molecular complexity index is 1290. The fraction of sp³-hybridized carbons (Fsp3) is 0.292. The highest BCUT2D eigenvalue weighted by atomic mass is 32.1. The van der Waals surface area contributed by atoms with Crippen molar-refractivity contribution in [3.63, 3.8) is 0 Å². The number of amides is 1. The molecule has 1 saturated heterocycles. The van der Waals surface area contributed by atoms with Crippen molar-refractivity contribution in [3.05, 3.63) is 69.7 Å². The number of piperidine rings is 1. The summed E-state index contributed by atoms with van der Waals surface area (Å²) >= 11 is 1.41. The Hall–Kier alpha value is -3.39. The first-order valence-corrected chi connectivity index (χ1v) is 11.6. The van der Waals surface area contributed by atoms with Gasteiger partial charge >= 0.3 is 0 Å². The van der Waals surface area contributed by atoms with Crippen molar-refractivity contribution in [2.45, 2.75) is 26.3 Å². The van der Waals surface area contributed by atoms with Gasteiger partial charge in [0, 0.05) is 24.0 Å². The van der Waals surface area contributed by atoms with E-state index in [-0.39, 0.29) is 17.4 Å². The number of hydrogen-bond donors (Lipinski definition) is 2. The van der Waals surface area contributed by atoms with Crippen LogP contribution in [0.3, 0.4) is 0 Å². The second kappa shape index (κ2) is 8.63. The smallest absolute Gasteiger partial charge is 0.270 e. The molecule has 4 aromatic rings. The van der Waals surface area contributed by atoms with Crippen LogP contribution in [0.1, 0.15) is 24.2 Å². The molecule has 8 heteroatoms. The summed E-state index contributed by atoms with van der Waals surface area (Å²) in [6.45, 7) is 3.69. The van der Waals surface area contributed by atoms with Crippen LogP contribution in [0.25, 0.3) is 21.3 Å². The molecule has 1 atom stereocenters. The Morgan fingerprint density at radius 2 is 2.16 bits per heavy atom. The summed E-state index contributed by atoms with van der Waals surface area (Å²) in [5.41, 5.74) is 3.76. The number of aromatic amines is 1. The molecule has 164 valence electrons. The molecule has 3 aromatic heterocycles. The van der Waals surface area contributed by atoms with Crippen LogP contribution in [-0.2, 0) is 11.3 Å². The number of thiophene rings is 1. The molecule has 0 aliphatic carbocycles. The molecule has 4 heterocycles. The highest BCUT2D eigenvalue weighted by Crippen LogP contribution is 2.32. The van der Waals surface area contributed by atoms with Gasteiger partial charge in [-0.15, -0.1) is 11.3 Å². The maximum absolute atomic E-state index is 12.8. The Labute approximate surface area is 189 Å². The second-order valence-electron chi connectivity index (χ2n) is 8.17. The van der Waals surface area contributed by atoms with Crippen molar-refractivity contribution in [2.24, 2.45) is 5.92 Å². The van der Waals surface area contributed by atoms with Crippen LogP contribution in [0, 0.1) is 12.8 Å². The van der Waals surface area contributed by atoms with Crippen LogP contribution < -0.4 is 15.8 Å². The number of aromatic nitrogens is 2. The number of H-pyrrole nitrogens is 1. The number of fused-ring (bicyclic) bond motifs is 1. The molecule has 1 amide bonds. The number of aryl methyl sites for hydroxylation is 1. The summed E-state index contributed by atoms with van der Waals surface area (Å²) in [6, 6.07) is 11.9. The first-order chi connectivity index (χ1) is 15.6. The van der Waals surface area contributed by atoms with Gasteiger partial charge in [-0.25, -0.2) is 4.98 Å². The Morgan fingerprint density at radius 1 is 1.31 bits per heavy atom. The monoisotopic (exact) mass is 448 g/mol. The van der Waals surface area contributed by atoms with Gasteiger partial charge in [0.05, 0.1) is 24.2 Å². The second-order valence-corrected chi connectivity index (χ2v) is 9.04. The van der Waals surface area contributed by atoms with E-state index in [1.807, 2.05) is 23.3 Å². The normalized spacial score (nSPS) is 16.4. The molecule has 7 nitrogen and oxygen atoms in total. The highest BCUT2D eigenvalue weighted by molar-refractivity contribution is 7.17. The zero-order valence-corrected chi connectivity index (χ0v) is 18.6. The molecule has 0 bridgehead atoms. The van der Waals surface area contributed by atoms with Gasteiger partial charge in [-0.2, -0.15) is 0 Å². The van der Waals surface area contributed by atoms with Gasteiger partial charge in [0.1, 0.15) is 10.5 Å². The van der Waals surface area contributed by atoms with Gasteiger partial charge < -0.3 is 14.6 Å². The summed E-state index contributed by atoms with van der Waals surface area (Å²) in [4.78, 5) is 35.3. The number of carbonyl (C=O) groups is 1. The molecule has 0 spiro atoms. The van der Waals surface area contributed by atoms with Crippen LogP contribution in [-0.4, -0.2) is 29.0 Å². The minimum atomic E-state index is -0.168. The summed E-state index contributed by atoms with van der Waals surface area (Å²) < 4.78 is 5.91. The Morgan fingerprint density at radius 3 is 2.94 bits per heavy atom. The molecule has 0 saturated carbocycles. The number of rotatable bonds is 5. The zero-order valence-electron chi connectivity index (χ0n) is 17.8. The van der Waals surface area contributed by atoms with E-state index in [2.05, 4.69) is 34.6 Å². The van der Waals surface area contributed by atoms with Gasteiger partial charge in [-0.1, -0.05) is 29.8 Å². The molecule has 0 radical (unpaired) electrons. The van der Waals surface area contributed by atoms with Crippen LogP contribution >= 0.6 is 11.3 Å². The van der Waals surface area contributed by atoms with E-state index in [9.17, 15) is 9.59 Å². The predicted molar refractivity (Wildman–Crippen MR) is 126 cm³/mol. The molecule has 1 fully saturated rings. The average molecular weight is 449 g/mol. The molecule has 2 N–H and O–H groups in total. The number of furan rings is 1. The summed E-state index contributed by atoms with van der Waals surface area (Å²) in [5, 5.41) is 4.94. The first kappa shape index (κ1) is 20.5. The van der Waals surface area contributed by atoms with Crippen LogP contribution in [0.5, 0.6) is 0 Å². The summed E-state index contributed by atoms with van der Waals surface area (Å²) in [7, 11) is 0. The number of hydrogen-bond acceptors (Lipinski definition) is 6. The van der Waals surface area contributed by atoms with Crippen molar-refractivity contribution < 1.29 is 9.21 Å². The van der Waals surface area contributed by atoms with Crippen molar-refractivity contribution in [3.8, 4) is 11.1 Å².